The van der Waals surface area contributed by atoms with E-state index in [2.05, 4.69) is 10.6 Å². The average molecular weight is 328 g/mol. The monoisotopic (exact) mass is 328 g/mol. The fraction of sp³-hybridized carbons (Fsp3) is 0.316. The molecule has 0 radical (unpaired) electrons. The van der Waals surface area contributed by atoms with Gasteiger partial charge in [-0.15, -0.1) is 0 Å². The molecule has 0 saturated carbocycles. The molecule has 0 atom stereocenters. The lowest BCUT2D eigenvalue weighted by Crippen LogP contribution is -2.34. The zero-order valence-corrected chi connectivity index (χ0v) is 14.2. The molecule has 0 saturated heterocycles. The second kappa shape index (κ2) is 9.70. The fourth-order valence-corrected chi connectivity index (χ4v) is 2.17. The van der Waals surface area contributed by atoms with Crippen molar-refractivity contribution in [3.05, 3.63) is 59.7 Å². The molecule has 128 valence electrons. The summed E-state index contributed by atoms with van der Waals surface area (Å²) in [7, 11) is 1.63. The van der Waals surface area contributed by atoms with E-state index in [1.165, 1.54) is 0 Å². The van der Waals surface area contributed by atoms with Gasteiger partial charge in [0.15, 0.2) is 0 Å². The lowest BCUT2D eigenvalue weighted by atomic mass is 10.2. The number of nitrogens with one attached hydrogen (secondary N) is 2. The van der Waals surface area contributed by atoms with Crippen LogP contribution in [0.25, 0.3) is 0 Å². The van der Waals surface area contributed by atoms with E-state index in [0.29, 0.717) is 19.7 Å². The van der Waals surface area contributed by atoms with E-state index < -0.39 is 0 Å². The Hall–Kier alpha value is -2.37. The molecule has 0 heterocycles. The predicted molar refractivity (Wildman–Crippen MR) is 94.3 cm³/mol. The van der Waals surface area contributed by atoms with E-state index in [-0.39, 0.29) is 12.5 Å². The predicted octanol–water partition coefficient (Wildman–Crippen LogP) is 2.64. The highest BCUT2D eigenvalue weighted by Crippen LogP contribution is 2.27. The van der Waals surface area contributed by atoms with Gasteiger partial charge >= 0.3 is 0 Å². The minimum Gasteiger partial charge on any atom is -0.457 e. The first-order valence-electron chi connectivity index (χ1n) is 7.98. The third kappa shape index (κ3) is 5.68. The van der Waals surface area contributed by atoms with Crippen molar-refractivity contribution in [3.8, 4) is 11.5 Å². The maximum atomic E-state index is 11.8. The van der Waals surface area contributed by atoms with Crippen molar-refractivity contribution in [2.45, 2.75) is 13.5 Å². The van der Waals surface area contributed by atoms with Crippen molar-refractivity contribution in [1.29, 1.82) is 0 Å². The summed E-state index contributed by atoms with van der Waals surface area (Å²) in [5.41, 5.74) is 2.00. The van der Waals surface area contributed by atoms with E-state index in [4.69, 9.17) is 9.47 Å². The largest absolute Gasteiger partial charge is 0.457 e. The highest BCUT2D eigenvalue weighted by molar-refractivity contribution is 5.78. The zero-order chi connectivity index (χ0) is 17.2. The summed E-state index contributed by atoms with van der Waals surface area (Å²) in [6, 6.07) is 15.6. The number of para-hydroxylation sites is 2. The first-order chi connectivity index (χ1) is 11.7. The van der Waals surface area contributed by atoms with E-state index in [1.54, 1.807) is 7.11 Å². The normalized spacial score (nSPS) is 10.4. The third-order valence-corrected chi connectivity index (χ3v) is 3.53. The minimum atomic E-state index is -0.0585. The standard InChI is InChI=1S/C19H24N2O3/c1-15-7-3-5-9-17(15)24-18-10-6-4-8-16(18)13-21-19(22)14-20-11-12-23-2/h3-10,20H,11-14H2,1-2H3,(H,21,22). The summed E-state index contributed by atoms with van der Waals surface area (Å²) in [6.07, 6.45) is 0. The number of methoxy groups -OCH3 is 1. The number of rotatable bonds is 9. The van der Waals surface area contributed by atoms with Crippen molar-refractivity contribution in [1.82, 2.24) is 10.6 Å². The zero-order valence-electron chi connectivity index (χ0n) is 14.2. The molecule has 0 fully saturated rings. The number of carbonyl (C=O) groups is 1. The molecule has 2 rings (SSSR count). The molecule has 0 unspecified atom stereocenters. The van der Waals surface area contributed by atoms with Gasteiger partial charge in [-0.3, -0.25) is 4.79 Å². The summed E-state index contributed by atoms with van der Waals surface area (Å²) in [6.45, 7) is 3.93. The molecule has 2 aromatic rings. The van der Waals surface area contributed by atoms with Gasteiger partial charge in [0.05, 0.1) is 13.2 Å². The van der Waals surface area contributed by atoms with Gasteiger partial charge < -0.3 is 20.1 Å². The van der Waals surface area contributed by atoms with Gasteiger partial charge in [-0.2, -0.15) is 0 Å². The van der Waals surface area contributed by atoms with Crippen LogP contribution in [0.2, 0.25) is 0 Å². The van der Waals surface area contributed by atoms with E-state index in [9.17, 15) is 4.79 Å². The van der Waals surface area contributed by atoms with Gasteiger partial charge in [0.25, 0.3) is 0 Å². The number of hydrogen-bond donors (Lipinski definition) is 2. The molecule has 0 aliphatic rings. The Labute approximate surface area is 143 Å². The molecule has 0 spiro atoms. The summed E-state index contributed by atoms with van der Waals surface area (Å²) in [5, 5.41) is 5.91. The summed E-state index contributed by atoms with van der Waals surface area (Å²) >= 11 is 0. The summed E-state index contributed by atoms with van der Waals surface area (Å²) in [4.78, 5) is 11.8. The Morgan fingerprint density at radius 3 is 2.50 bits per heavy atom. The Morgan fingerprint density at radius 1 is 1.04 bits per heavy atom. The van der Waals surface area contributed by atoms with Crippen molar-refractivity contribution >= 4 is 5.91 Å². The van der Waals surface area contributed by atoms with E-state index in [1.807, 2.05) is 55.5 Å². The van der Waals surface area contributed by atoms with E-state index in [0.717, 1.165) is 22.6 Å². The molecule has 1 amide bonds. The summed E-state index contributed by atoms with van der Waals surface area (Å²) in [5.74, 6) is 1.51. The van der Waals surface area contributed by atoms with E-state index >= 15 is 0 Å². The molecular formula is C19H24N2O3. The molecule has 0 aliphatic carbocycles. The average Bonchev–Trinajstić information content (AvgIpc) is 2.60. The number of aryl methyl sites for hydroxylation is 1. The molecule has 2 aromatic carbocycles. The van der Waals surface area contributed by atoms with Crippen LogP contribution in [0.3, 0.4) is 0 Å². The van der Waals surface area contributed by atoms with Gasteiger partial charge in [0.1, 0.15) is 11.5 Å². The Morgan fingerprint density at radius 2 is 1.75 bits per heavy atom. The SMILES string of the molecule is COCCNCC(=O)NCc1ccccc1Oc1ccccc1C. The number of benzene rings is 2. The lowest BCUT2D eigenvalue weighted by molar-refractivity contribution is -0.120. The molecule has 24 heavy (non-hydrogen) atoms. The summed E-state index contributed by atoms with van der Waals surface area (Å²) < 4.78 is 10.9. The van der Waals surface area contributed by atoms with Gasteiger partial charge in [-0.05, 0) is 24.6 Å². The molecule has 0 bridgehead atoms. The van der Waals surface area contributed by atoms with Gasteiger partial charge in [0.2, 0.25) is 5.91 Å². The Bertz CT molecular complexity index is 659. The van der Waals surface area contributed by atoms with Crippen LogP contribution in [0, 0.1) is 6.92 Å². The molecule has 5 heteroatoms. The number of hydrogen-bond acceptors (Lipinski definition) is 4. The van der Waals surface area contributed by atoms with Crippen molar-refractivity contribution in [2.75, 3.05) is 26.8 Å². The molecular weight excluding hydrogens is 304 g/mol. The van der Waals surface area contributed by atoms with Gasteiger partial charge in [-0.25, -0.2) is 0 Å². The maximum absolute atomic E-state index is 11.8. The van der Waals surface area contributed by atoms with Crippen molar-refractivity contribution in [2.24, 2.45) is 0 Å². The van der Waals surface area contributed by atoms with Crippen LogP contribution >= 0.6 is 0 Å². The van der Waals surface area contributed by atoms with Crippen LogP contribution in [0.1, 0.15) is 11.1 Å². The maximum Gasteiger partial charge on any atom is 0.234 e. The first kappa shape index (κ1) is 18.0. The minimum absolute atomic E-state index is 0.0585. The first-order valence-corrected chi connectivity index (χ1v) is 7.98. The van der Waals surface area contributed by atoms with Crippen LogP contribution in [0.5, 0.6) is 11.5 Å². The van der Waals surface area contributed by atoms with Crippen LogP contribution in [0.15, 0.2) is 48.5 Å². The fourth-order valence-electron chi connectivity index (χ4n) is 2.17. The van der Waals surface area contributed by atoms with Crippen molar-refractivity contribution in [3.63, 3.8) is 0 Å². The van der Waals surface area contributed by atoms with Crippen LogP contribution in [0.4, 0.5) is 0 Å². The van der Waals surface area contributed by atoms with Crippen LogP contribution in [-0.4, -0.2) is 32.7 Å². The number of amides is 1. The molecule has 0 aliphatic heterocycles. The number of carbonyl (C=O) groups excluding carboxylic acids is 1. The Balaban J connectivity index is 1.92. The van der Waals surface area contributed by atoms with Gasteiger partial charge in [0, 0.05) is 25.8 Å². The second-order valence-electron chi connectivity index (χ2n) is 5.42. The molecule has 0 aromatic heterocycles. The molecule has 5 nitrogen and oxygen atoms in total. The second-order valence-corrected chi connectivity index (χ2v) is 5.42. The number of ether oxygens (including phenoxy) is 2. The smallest absolute Gasteiger partial charge is 0.234 e. The van der Waals surface area contributed by atoms with Gasteiger partial charge in [-0.1, -0.05) is 36.4 Å². The molecule has 2 N–H and O–H groups in total. The quantitative estimate of drug-likeness (QED) is 0.695. The van der Waals surface area contributed by atoms with Crippen molar-refractivity contribution < 1.29 is 14.3 Å². The Kier molecular flexibility index (Phi) is 7.26. The lowest BCUT2D eigenvalue weighted by Gasteiger charge is -2.13. The highest BCUT2D eigenvalue weighted by Gasteiger charge is 2.07. The van der Waals surface area contributed by atoms with Crippen LogP contribution in [-0.2, 0) is 16.1 Å². The third-order valence-electron chi connectivity index (χ3n) is 3.53. The topological polar surface area (TPSA) is 59.6 Å². The highest BCUT2D eigenvalue weighted by atomic mass is 16.5. The van der Waals surface area contributed by atoms with Crippen LogP contribution < -0.4 is 15.4 Å².